The molecule has 4 nitrogen and oxygen atoms in total. The molecule has 0 unspecified atom stereocenters. The number of carbonyl (C=O) groups is 1. The molecule has 4 heteroatoms. The maximum Gasteiger partial charge on any atom is 0.337 e. The van der Waals surface area contributed by atoms with Gasteiger partial charge in [-0.1, -0.05) is 24.3 Å². The third kappa shape index (κ3) is 2.55. The van der Waals surface area contributed by atoms with E-state index in [-0.39, 0.29) is 0 Å². The van der Waals surface area contributed by atoms with Gasteiger partial charge < -0.3 is 14.4 Å². The summed E-state index contributed by atoms with van der Waals surface area (Å²) in [7, 11) is 1.85. The molecule has 1 heterocycles. The standard InChI is InChI=1S/C18H17NO3/c1-12-5-3-6-14(9-12)22-11-13-10-19(2)17-15(13)7-4-8-16(17)18(20)21/h3-10H,11H2,1-2H3,(H,20,21). The number of carboxylic acid groups (broad SMARTS) is 1. The average Bonchev–Trinajstić information content (AvgIpc) is 2.82. The molecule has 3 rings (SSSR count). The van der Waals surface area contributed by atoms with Crippen molar-refractivity contribution in [1.29, 1.82) is 0 Å². The molecule has 0 radical (unpaired) electrons. The van der Waals surface area contributed by atoms with E-state index < -0.39 is 5.97 Å². The molecule has 0 saturated heterocycles. The summed E-state index contributed by atoms with van der Waals surface area (Å²) in [4.78, 5) is 11.3. The van der Waals surface area contributed by atoms with E-state index in [4.69, 9.17) is 4.74 Å². The van der Waals surface area contributed by atoms with Gasteiger partial charge in [0, 0.05) is 24.2 Å². The van der Waals surface area contributed by atoms with Gasteiger partial charge in [0.2, 0.25) is 0 Å². The lowest BCUT2D eigenvalue weighted by Gasteiger charge is -2.06. The van der Waals surface area contributed by atoms with E-state index >= 15 is 0 Å². The van der Waals surface area contributed by atoms with Crippen molar-refractivity contribution in [2.24, 2.45) is 7.05 Å². The Morgan fingerprint density at radius 3 is 2.73 bits per heavy atom. The van der Waals surface area contributed by atoms with Crippen LogP contribution in [0, 0.1) is 6.92 Å². The van der Waals surface area contributed by atoms with Gasteiger partial charge in [-0.3, -0.25) is 0 Å². The lowest BCUT2D eigenvalue weighted by Crippen LogP contribution is -1.99. The molecular formula is C18H17NO3. The normalized spacial score (nSPS) is 10.8. The highest BCUT2D eigenvalue weighted by molar-refractivity contribution is 6.03. The molecule has 112 valence electrons. The molecule has 0 aliphatic rings. The molecule has 1 N–H and O–H groups in total. The average molecular weight is 295 g/mol. The Morgan fingerprint density at radius 2 is 2.00 bits per heavy atom. The number of fused-ring (bicyclic) bond motifs is 1. The number of hydrogen-bond donors (Lipinski definition) is 1. The van der Waals surface area contributed by atoms with E-state index in [1.807, 2.05) is 55.1 Å². The predicted octanol–water partition coefficient (Wildman–Crippen LogP) is 3.76. The summed E-state index contributed by atoms with van der Waals surface area (Å²) >= 11 is 0. The zero-order valence-corrected chi connectivity index (χ0v) is 12.5. The SMILES string of the molecule is Cc1cccc(OCc2cn(C)c3c(C(=O)O)cccc23)c1. The first-order valence-electron chi connectivity index (χ1n) is 7.06. The number of ether oxygens (including phenoxy) is 1. The first-order chi connectivity index (χ1) is 10.6. The van der Waals surface area contributed by atoms with E-state index in [0.29, 0.717) is 12.2 Å². The van der Waals surface area contributed by atoms with E-state index in [9.17, 15) is 9.90 Å². The van der Waals surface area contributed by atoms with Crippen molar-refractivity contribution in [2.75, 3.05) is 0 Å². The van der Waals surface area contributed by atoms with Crippen LogP contribution in [0.1, 0.15) is 21.5 Å². The van der Waals surface area contributed by atoms with Crippen LogP contribution in [-0.4, -0.2) is 15.6 Å². The third-order valence-corrected chi connectivity index (χ3v) is 3.70. The first kappa shape index (κ1) is 14.2. The van der Waals surface area contributed by atoms with Crippen molar-refractivity contribution >= 4 is 16.9 Å². The Kier molecular flexibility index (Phi) is 3.59. The zero-order valence-electron chi connectivity index (χ0n) is 12.5. The van der Waals surface area contributed by atoms with E-state index in [1.165, 1.54) is 0 Å². The number of nitrogens with zero attached hydrogens (tertiary/aromatic N) is 1. The van der Waals surface area contributed by atoms with Gasteiger partial charge >= 0.3 is 5.97 Å². The first-order valence-corrected chi connectivity index (χ1v) is 7.06. The van der Waals surface area contributed by atoms with Crippen molar-refractivity contribution in [3.63, 3.8) is 0 Å². The summed E-state index contributed by atoms with van der Waals surface area (Å²) < 4.78 is 7.67. The van der Waals surface area contributed by atoms with Crippen molar-refractivity contribution in [1.82, 2.24) is 4.57 Å². The van der Waals surface area contributed by atoms with Gasteiger partial charge in [0.15, 0.2) is 0 Å². The van der Waals surface area contributed by atoms with Gasteiger partial charge in [0.05, 0.1) is 11.1 Å². The van der Waals surface area contributed by atoms with Crippen molar-refractivity contribution in [3.8, 4) is 5.75 Å². The fraction of sp³-hybridized carbons (Fsp3) is 0.167. The van der Waals surface area contributed by atoms with Crippen LogP contribution in [0.2, 0.25) is 0 Å². The molecule has 0 atom stereocenters. The largest absolute Gasteiger partial charge is 0.489 e. The van der Waals surface area contributed by atoms with E-state index in [1.54, 1.807) is 12.1 Å². The highest BCUT2D eigenvalue weighted by Crippen LogP contribution is 2.25. The number of hydrogen-bond acceptors (Lipinski definition) is 2. The summed E-state index contributed by atoms with van der Waals surface area (Å²) in [6.45, 7) is 2.42. The van der Waals surface area contributed by atoms with Crippen LogP contribution in [-0.2, 0) is 13.7 Å². The molecule has 0 saturated carbocycles. The van der Waals surface area contributed by atoms with Crippen LogP contribution in [0.25, 0.3) is 10.9 Å². The van der Waals surface area contributed by atoms with Gasteiger partial charge in [0.1, 0.15) is 12.4 Å². The lowest BCUT2D eigenvalue weighted by atomic mass is 10.1. The van der Waals surface area contributed by atoms with Gasteiger partial charge in [-0.25, -0.2) is 4.79 Å². The Balaban J connectivity index is 1.95. The Labute approximate surface area is 128 Å². The molecule has 0 aliphatic heterocycles. The number of rotatable bonds is 4. The molecule has 2 aromatic carbocycles. The fourth-order valence-corrected chi connectivity index (χ4v) is 2.70. The molecule has 22 heavy (non-hydrogen) atoms. The van der Waals surface area contributed by atoms with Crippen molar-refractivity contribution in [3.05, 3.63) is 65.4 Å². The van der Waals surface area contributed by atoms with Gasteiger partial charge in [-0.2, -0.15) is 0 Å². The quantitative estimate of drug-likeness (QED) is 0.797. The highest BCUT2D eigenvalue weighted by Gasteiger charge is 2.14. The second-order valence-electron chi connectivity index (χ2n) is 5.38. The third-order valence-electron chi connectivity index (χ3n) is 3.70. The molecule has 0 amide bonds. The number of aromatic nitrogens is 1. The molecule has 3 aromatic rings. The number of carboxylic acids is 1. The number of aromatic carboxylic acids is 1. The highest BCUT2D eigenvalue weighted by atomic mass is 16.5. The van der Waals surface area contributed by atoms with Crippen molar-refractivity contribution in [2.45, 2.75) is 13.5 Å². The van der Waals surface area contributed by atoms with Crippen LogP contribution in [0.5, 0.6) is 5.75 Å². The van der Waals surface area contributed by atoms with Crippen LogP contribution in [0.15, 0.2) is 48.7 Å². The summed E-state index contributed by atoms with van der Waals surface area (Å²) in [5.41, 5.74) is 3.14. The smallest absolute Gasteiger partial charge is 0.337 e. The fourth-order valence-electron chi connectivity index (χ4n) is 2.70. The lowest BCUT2D eigenvalue weighted by molar-refractivity contribution is 0.0698. The number of aryl methyl sites for hydroxylation is 2. The summed E-state index contributed by atoms with van der Waals surface area (Å²) in [5.74, 6) is -0.107. The van der Waals surface area contributed by atoms with E-state index in [0.717, 1.165) is 27.8 Å². The topological polar surface area (TPSA) is 51.5 Å². The van der Waals surface area contributed by atoms with Crippen LogP contribution in [0.3, 0.4) is 0 Å². The van der Waals surface area contributed by atoms with Gasteiger partial charge in [-0.15, -0.1) is 0 Å². The minimum Gasteiger partial charge on any atom is -0.489 e. The van der Waals surface area contributed by atoms with E-state index in [2.05, 4.69) is 0 Å². The Bertz CT molecular complexity index is 849. The molecule has 0 spiro atoms. The summed E-state index contributed by atoms with van der Waals surface area (Å²) in [6, 6.07) is 13.2. The Morgan fingerprint density at radius 1 is 1.23 bits per heavy atom. The van der Waals surface area contributed by atoms with Gasteiger partial charge in [0.25, 0.3) is 0 Å². The predicted molar refractivity (Wildman–Crippen MR) is 85.4 cm³/mol. The van der Waals surface area contributed by atoms with Crippen LogP contribution in [0.4, 0.5) is 0 Å². The second kappa shape index (κ2) is 5.56. The van der Waals surface area contributed by atoms with Crippen LogP contribution < -0.4 is 4.74 Å². The monoisotopic (exact) mass is 295 g/mol. The van der Waals surface area contributed by atoms with Gasteiger partial charge in [-0.05, 0) is 30.7 Å². The minimum absolute atomic E-state index is 0.307. The molecule has 0 bridgehead atoms. The Hall–Kier alpha value is -2.75. The second-order valence-corrected chi connectivity index (χ2v) is 5.38. The summed E-state index contributed by atoms with van der Waals surface area (Å²) in [6.07, 6.45) is 1.92. The molecule has 0 aliphatic carbocycles. The molecule has 0 fully saturated rings. The van der Waals surface area contributed by atoms with Crippen LogP contribution >= 0.6 is 0 Å². The number of benzene rings is 2. The molecular weight excluding hydrogens is 278 g/mol. The maximum absolute atomic E-state index is 11.3. The molecule has 1 aromatic heterocycles. The zero-order chi connectivity index (χ0) is 15.7. The maximum atomic E-state index is 11.3. The summed E-state index contributed by atoms with van der Waals surface area (Å²) in [5, 5.41) is 10.2. The number of para-hydroxylation sites is 1. The van der Waals surface area contributed by atoms with Crippen molar-refractivity contribution < 1.29 is 14.6 Å². The minimum atomic E-state index is -0.919.